The first-order chi connectivity index (χ1) is 10.1. The Morgan fingerprint density at radius 1 is 1.00 bits per heavy atom. The van der Waals surface area contributed by atoms with Gasteiger partial charge in [-0.05, 0) is 31.0 Å². The highest BCUT2D eigenvalue weighted by molar-refractivity contribution is 5.89. The molecule has 0 atom stereocenters. The Kier molecular flexibility index (Phi) is 3.22. The molecule has 3 rings (SSSR count). The van der Waals surface area contributed by atoms with Crippen LogP contribution in [-0.4, -0.2) is 14.8 Å². The van der Waals surface area contributed by atoms with Gasteiger partial charge in [0.15, 0.2) is 0 Å². The Balaban J connectivity index is 2.33. The van der Waals surface area contributed by atoms with E-state index in [1.807, 2.05) is 25.4 Å². The average Bonchev–Trinajstić information content (AvgIpc) is 2.75. The first-order valence-corrected chi connectivity index (χ1v) is 6.89. The lowest BCUT2D eigenvalue weighted by atomic mass is 9.95. The minimum Gasteiger partial charge on any atom is -0.383 e. The van der Waals surface area contributed by atoms with E-state index in [1.54, 1.807) is 10.9 Å². The van der Waals surface area contributed by atoms with Crippen LogP contribution in [0.2, 0.25) is 0 Å². The summed E-state index contributed by atoms with van der Waals surface area (Å²) in [6.07, 6.45) is 3.58. The van der Waals surface area contributed by atoms with Crippen LogP contribution in [-0.2, 0) is 7.05 Å². The predicted octanol–water partition coefficient (Wildman–Crippen LogP) is 3.35. The molecule has 4 nitrogen and oxygen atoms in total. The van der Waals surface area contributed by atoms with Crippen LogP contribution in [0.15, 0.2) is 42.7 Å². The van der Waals surface area contributed by atoms with Gasteiger partial charge in [-0.2, -0.15) is 5.10 Å². The summed E-state index contributed by atoms with van der Waals surface area (Å²) in [5.41, 5.74) is 12.6. The lowest BCUT2D eigenvalue weighted by molar-refractivity contribution is 0.782. The van der Waals surface area contributed by atoms with Gasteiger partial charge in [-0.3, -0.25) is 9.67 Å². The highest BCUT2D eigenvalue weighted by Gasteiger charge is 2.19. The molecule has 3 aromatic rings. The number of hydrogen-bond acceptors (Lipinski definition) is 3. The number of aromatic nitrogens is 3. The monoisotopic (exact) mass is 278 g/mol. The fourth-order valence-corrected chi connectivity index (χ4v) is 2.70. The van der Waals surface area contributed by atoms with E-state index in [-0.39, 0.29) is 0 Å². The minimum absolute atomic E-state index is 0.653. The van der Waals surface area contributed by atoms with Crippen LogP contribution < -0.4 is 5.73 Å². The molecule has 0 unspecified atom stereocenters. The van der Waals surface area contributed by atoms with Crippen molar-refractivity contribution in [2.75, 3.05) is 5.73 Å². The maximum Gasteiger partial charge on any atom is 0.129 e. The van der Waals surface area contributed by atoms with Gasteiger partial charge in [0, 0.05) is 30.6 Å². The van der Waals surface area contributed by atoms with Crippen LogP contribution in [0.1, 0.15) is 11.1 Å². The zero-order valence-electron chi connectivity index (χ0n) is 12.5. The van der Waals surface area contributed by atoms with E-state index in [1.165, 1.54) is 11.1 Å². The van der Waals surface area contributed by atoms with Crippen molar-refractivity contribution >= 4 is 5.82 Å². The molecule has 0 aliphatic rings. The van der Waals surface area contributed by atoms with Gasteiger partial charge in [-0.25, -0.2) is 0 Å². The standard InChI is InChI=1S/C17H18N4/c1-11-6-4-7-12(2)14(11)16-15(17(18)21(3)20-16)13-8-5-9-19-10-13/h4-10H,18H2,1-3H3. The summed E-state index contributed by atoms with van der Waals surface area (Å²) in [6.45, 7) is 4.19. The number of aryl methyl sites for hydroxylation is 3. The molecule has 0 saturated heterocycles. The molecule has 2 heterocycles. The fourth-order valence-electron chi connectivity index (χ4n) is 2.70. The molecule has 0 aliphatic heterocycles. The molecule has 2 N–H and O–H groups in total. The second-order valence-electron chi connectivity index (χ2n) is 5.24. The minimum atomic E-state index is 0.653. The molecule has 0 spiro atoms. The maximum absolute atomic E-state index is 6.25. The molecule has 0 aliphatic carbocycles. The van der Waals surface area contributed by atoms with Crippen molar-refractivity contribution in [2.45, 2.75) is 13.8 Å². The van der Waals surface area contributed by atoms with Gasteiger partial charge in [-0.15, -0.1) is 0 Å². The lowest BCUT2D eigenvalue weighted by Crippen LogP contribution is -1.98. The molecular formula is C17H18N4. The van der Waals surface area contributed by atoms with Gasteiger partial charge in [0.2, 0.25) is 0 Å². The normalized spacial score (nSPS) is 10.8. The first-order valence-electron chi connectivity index (χ1n) is 6.89. The lowest BCUT2D eigenvalue weighted by Gasteiger charge is -2.09. The number of nitrogens with two attached hydrogens (primary N) is 1. The molecule has 2 aromatic heterocycles. The van der Waals surface area contributed by atoms with E-state index >= 15 is 0 Å². The Morgan fingerprint density at radius 2 is 1.71 bits per heavy atom. The maximum atomic E-state index is 6.25. The summed E-state index contributed by atoms with van der Waals surface area (Å²) in [5.74, 6) is 0.653. The summed E-state index contributed by atoms with van der Waals surface area (Å²) in [5, 5.41) is 4.64. The van der Waals surface area contributed by atoms with Gasteiger partial charge < -0.3 is 5.73 Å². The number of hydrogen-bond donors (Lipinski definition) is 1. The van der Waals surface area contributed by atoms with E-state index in [0.29, 0.717) is 5.82 Å². The van der Waals surface area contributed by atoms with Crippen LogP contribution in [0, 0.1) is 13.8 Å². The van der Waals surface area contributed by atoms with Crippen LogP contribution in [0.25, 0.3) is 22.4 Å². The van der Waals surface area contributed by atoms with Gasteiger partial charge in [0.1, 0.15) is 11.5 Å². The van der Waals surface area contributed by atoms with Gasteiger partial charge in [-0.1, -0.05) is 24.3 Å². The van der Waals surface area contributed by atoms with Crippen molar-refractivity contribution in [1.29, 1.82) is 0 Å². The fraction of sp³-hybridized carbons (Fsp3) is 0.176. The van der Waals surface area contributed by atoms with Crippen molar-refractivity contribution < 1.29 is 0 Å². The predicted molar refractivity (Wildman–Crippen MR) is 85.8 cm³/mol. The van der Waals surface area contributed by atoms with E-state index < -0.39 is 0 Å². The van der Waals surface area contributed by atoms with E-state index in [0.717, 1.165) is 22.4 Å². The number of nitrogens with zero attached hydrogens (tertiary/aromatic N) is 3. The molecule has 1 aromatic carbocycles. The molecule has 4 heteroatoms. The molecule has 0 bridgehead atoms. The molecular weight excluding hydrogens is 260 g/mol. The third kappa shape index (κ3) is 2.18. The SMILES string of the molecule is Cc1cccc(C)c1-c1nn(C)c(N)c1-c1cccnc1. The second-order valence-corrected chi connectivity index (χ2v) is 5.24. The van der Waals surface area contributed by atoms with E-state index in [4.69, 9.17) is 5.73 Å². The number of anilines is 1. The third-order valence-corrected chi connectivity index (χ3v) is 3.76. The summed E-state index contributed by atoms with van der Waals surface area (Å²) in [4.78, 5) is 4.20. The number of pyridine rings is 1. The zero-order chi connectivity index (χ0) is 15.0. The molecule has 0 amide bonds. The number of nitrogen functional groups attached to an aromatic ring is 1. The quantitative estimate of drug-likeness (QED) is 0.782. The van der Waals surface area contributed by atoms with E-state index in [9.17, 15) is 0 Å². The Morgan fingerprint density at radius 3 is 2.33 bits per heavy atom. The molecule has 0 fully saturated rings. The van der Waals surface area contributed by atoms with Crippen LogP contribution in [0.5, 0.6) is 0 Å². The zero-order valence-corrected chi connectivity index (χ0v) is 12.5. The van der Waals surface area contributed by atoms with E-state index in [2.05, 4.69) is 42.1 Å². The van der Waals surface area contributed by atoms with Crippen molar-refractivity contribution in [3.63, 3.8) is 0 Å². The average molecular weight is 278 g/mol. The summed E-state index contributed by atoms with van der Waals surface area (Å²) >= 11 is 0. The Hall–Kier alpha value is -2.62. The van der Waals surface area contributed by atoms with Crippen LogP contribution >= 0.6 is 0 Å². The number of rotatable bonds is 2. The molecule has 0 radical (unpaired) electrons. The van der Waals surface area contributed by atoms with Crippen LogP contribution in [0.3, 0.4) is 0 Å². The van der Waals surface area contributed by atoms with Crippen molar-refractivity contribution in [3.05, 3.63) is 53.9 Å². The topological polar surface area (TPSA) is 56.7 Å². The molecule has 106 valence electrons. The number of benzene rings is 1. The van der Waals surface area contributed by atoms with Gasteiger partial charge in [0.25, 0.3) is 0 Å². The molecule has 21 heavy (non-hydrogen) atoms. The van der Waals surface area contributed by atoms with Gasteiger partial charge >= 0.3 is 0 Å². The Labute approximate surface area is 124 Å². The van der Waals surface area contributed by atoms with Gasteiger partial charge in [0.05, 0.1) is 5.56 Å². The summed E-state index contributed by atoms with van der Waals surface area (Å²) < 4.78 is 1.73. The van der Waals surface area contributed by atoms with Crippen molar-refractivity contribution in [1.82, 2.24) is 14.8 Å². The summed E-state index contributed by atoms with van der Waals surface area (Å²) in [6, 6.07) is 10.2. The van der Waals surface area contributed by atoms with Crippen molar-refractivity contribution in [3.8, 4) is 22.4 Å². The highest BCUT2D eigenvalue weighted by atomic mass is 15.3. The summed E-state index contributed by atoms with van der Waals surface area (Å²) in [7, 11) is 1.87. The Bertz CT molecular complexity index is 768. The largest absolute Gasteiger partial charge is 0.383 e. The van der Waals surface area contributed by atoms with Crippen LogP contribution in [0.4, 0.5) is 5.82 Å². The molecule has 0 saturated carbocycles. The third-order valence-electron chi connectivity index (χ3n) is 3.76. The second kappa shape index (κ2) is 5.05. The first kappa shape index (κ1) is 13.4. The smallest absolute Gasteiger partial charge is 0.129 e. The highest BCUT2D eigenvalue weighted by Crippen LogP contribution is 2.38. The van der Waals surface area contributed by atoms with Crippen molar-refractivity contribution in [2.24, 2.45) is 7.05 Å².